The van der Waals surface area contributed by atoms with E-state index >= 15 is 0 Å². The minimum atomic E-state index is 0.176. The van der Waals surface area contributed by atoms with E-state index in [0.717, 1.165) is 19.4 Å². The molecule has 3 rings (SSSR count). The SMILES string of the molecule is CCc1cc(Br)ccc1NC1CCOC2(CCCCC2)C1. The summed E-state index contributed by atoms with van der Waals surface area (Å²) in [5.74, 6) is 0. The number of hydrogen-bond donors (Lipinski definition) is 1. The van der Waals surface area contributed by atoms with Crippen LogP contribution >= 0.6 is 15.9 Å². The smallest absolute Gasteiger partial charge is 0.0702 e. The molecule has 2 fully saturated rings. The lowest BCUT2D eigenvalue weighted by Gasteiger charge is -2.44. The van der Waals surface area contributed by atoms with Crippen molar-refractivity contribution in [3.8, 4) is 0 Å². The van der Waals surface area contributed by atoms with E-state index in [1.54, 1.807) is 0 Å². The van der Waals surface area contributed by atoms with Gasteiger partial charge in [-0.15, -0.1) is 0 Å². The third-order valence-electron chi connectivity index (χ3n) is 5.07. The molecular formula is C18H26BrNO. The largest absolute Gasteiger partial charge is 0.382 e. The van der Waals surface area contributed by atoms with Crippen LogP contribution in [-0.4, -0.2) is 18.2 Å². The highest BCUT2D eigenvalue weighted by Gasteiger charge is 2.38. The molecule has 1 N–H and O–H groups in total. The molecule has 1 aliphatic carbocycles. The molecule has 1 unspecified atom stereocenters. The highest BCUT2D eigenvalue weighted by Crippen LogP contribution is 2.39. The van der Waals surface area contributed by atoms with Crippen LogP contribution in [0.5, 0.6) is 0 Å². The van der Waals surface area contributed by atoms with Gasteiger partial charge in [-0.1, -0.05) is 42.1 Å². The van der Waals surface area contributed by atoms with Crippen molar-refractivity contribution in [2.45, 2.75) is 69.9 Å². The van der Waals surface area contributed by atoms with E-state index in [4.69, 9.17) is 4.74 Å². The number of hydrogen-bond acceptors (Lipinski definition) is 2. The van der Waals surface area contributed by atoms with Crippen LogP contribution in [0, 0.1) is 0 Å². The van der Waals surface area contributed by atoms with Crippen molar-refractivity contribution >= 4 is 21.6 Å². The third-order valence-corrected chi connectivity index (χ3v) is 5.56. The molecule has 1 atom stereocenters. The van der Waals surface area contributed by atoms with E-state index in [-0.39, 0.29) is 5.60 Å². The minimum absolute atomic E-state index is 0.176. The quantitative estimate of drug-likeness (QED) is 0.796. The lowest BCUT2D eigenvalue weighted by Crippen LogP contribution is -2.45. The van der Waals surface area contributed by atoms with Gasteiger partial charge in [0, 0.05) is 22.8 Å². The first-order chi connectivity index (χ1) is 10.2. The van der Waals surface area contributed by atoms with Crippen LogP contribution in [0.2, 0.25) is 0 Å². The molecule has 116 valence electrons. The van der Waals surface area contributed by atoms with Crippen molar-refractivity contribution in [2.75, 3.05) is 11.9 Å². The van der Waals surface area contributed by atoms with Gasteiger partial charge in [0.05, 0.1) is 5.60 Å². The van der Waals surface area contributed by atoms with Gasteiger partial charge >= 0.3 is 0 Å². The number of rotatable bonds is 3. The van der Waals surface area contributed by atoms with E-state index in [2.05, 4.69) is 46.4 Å². The van der Waals surface area contributed by atoms with Gasteiger partial charge in [0.1, 0.15) is 0 Å². The Hall–Kier alpha value is -0.540. The number of halogens is 1. The average molecular weight is 352 g/mol. The maximum absolute atomic E-state index is 6.20. The van der Waals surface area contributed by atoms with Gasteiger partial charge in [0.25, 0.3) is 0 Å². The van der Waals surface area contributed by atoms with Gasteiger partial charge in [-0.2, -0.15) is 0 Å². The summed E-state index contributed by atoms with van der Waals surface area (Å²) in [7, 11) is 0. The predicted molar refractivity (Wildman–Crippen MR) is 91.9 cm³/mol. The molecular weight excluding hydrogens is 326 g/mol. The monoisotopic (exact) mass is 351 g/mol. The van der Waals surface area contributed by atoms with Gasteiger partial charge in [0.15, 0.2) is 0 Å². The Kier molecular flexibility index (Phi) is 4.90. The van der Waals surface area contributed by atoms with Crippen molar-refractivity contribution in [1.29, 1.82) is 0 Å². The molecule has 1 spiro atoms. The van der Waals surface area contributed by atoms with Gasteiger partial charge in [0.2, 0.25) is 0 Å². The molecule has 1 saturated carbocycles. The predicted octanol–water partition coefficient (Wildman–Crippen LogP) is 5.31. The molecule has 1 aliphatic heterocycles. The molecule has 1 aromatic rings. The zero-order chi connectivity index (χ0) is 14.7. The zero-order valence-corrected chi connectivity index (χ0v) is 14.5. The summed E-state index contributed by atoms with van der Waals surface area (Å²) in [5.41, 5.74) is 2.88. The Labute approximate surface area is 136 Å². The Bertz CT molecular complexity index is 477. The summed E-state index contributed by atoms with van der Waals surface area (Å²) in [6.45, 7) is 3.13. The second-order valence-corrected chi connectivity index (χ2v) is 7.50. The summed E-state index contributed by atoms with van der Waals surface area (Å²) in [4.78, 5) is 0. The number of nitrogens with one attached hydrogen (secondary N) is 1. The lowest BCUT2D eigenvalue weighted by atomic mass is 9.78. The maximum atomic E-state index is 6.20. The summed E-state index contributed by atoms with van der Waals surface area (Å²) in [6.07, 6.45) is 9.94. The molecule has 0 bridgehead atoms. The summed E-state index contributed by atoms with van der Waals surface area (Å²) < 4.78 is 7.37. The Morgan fingerprint density at radius 1 is 1.29 bits per heavy atom. The molecule has 0 aromatic heterocycles. The Morgan fingerprint density at radius 3 is 2.86 bits per heavy atom. The van der Waals surface area contributed by atoms with Crippen LogP contribution in [0.3, 0.4) is 0 Å². The van der Waals surface area contributed by atoms with E-state index in [1.807, 2.05) is 0 Å². The van der Waals surface area contributed by atoms with Crippen molar-refractivity contribution < 1.29 is 4.74 Å². The van der Waals surface area contributed by atoms with Crippen LogP contribution in [0.15, 0.2) is 22.7 Å². The van der Waals surface area contributed by atoms with Crippen LogP contribution in [0.4, 0.5) is 5.69 Å². The molecule has 3 heteroatoms. The fourth-order valence-electron chi connectivity index (χ4n) is 3.91. The lowest BCUT2D eigenvalue weighted by molar-refractivity contribution is -0.103. The normalized spacial score (nSPS) is 25.0. The minimum Gasteiger partial charge on any atom is -0.382 e. The third kappa shape index (κ3) is 3.62. The zero-order valence-electron chi connectivity index (χ0n) is 13.0. The van der Waals surface area contributed by atoms with Crippen LogP contribution in [0.25, 0.3) is 0 Å². The van der Waals surface area contributed by atoms with Crippen molar-refractivity contribution in [3.05, 3.63) is 28.2 Å². The number of aryl methyl sites for hydroxylation is 1. The molecule has 21 heavy (non-hydrogen) atoms. The van der Waals surface area contributed by atoms with Gasteiger partial charge in [-0.05, 0) is 55.9 Å². The fraction of sp³-hybridized carbons (Fsp3) is 0.667. The maximum Gasteiger partial charge on any atom is 0.0702 e. The number of benzene rings is 1. The van der Waals surface area contributed by atoms with Crippen molar-refractivity contribution in [3.63, 3.8) is 0 Å². The number of ether oxygens (including phenoxy) is 1. The van der Waals surface area contributed by atoms with E-state index < -0.39 is 0 Å². The van der Waals surface area contributed by atoms with Crippen LogP contribution in [0.1, 0.15) is 57.4 Å². The van der Waals surface area contributed by atoms with Crippen LogP contribution in [-0.2, 0) is 11.2 Å². The highest BCUT2D eigenvalue weighted by molar-refractivity contribution is 9.10. The first-order valence-corrected chi connectivity index (χ1v) is 9.19. The Balaban J connectivity index is 1.70. The van der Waals surface area contributed by atoms with E-state index in [9.17, 15) is 0 Å². The first kappa shape index (κ1) is 15.4. The first-order valence-electron chi connectivity index (χ1n) is 8.40. The molecule has 0 amide bonds. The van der Waals surface area contributed by atoms with E-state index in [0.29, 0.717) is 6.04 Å². The number of anilines is 1. The van der Waals surface area contributed by atoms with Gasteiger partial charge < -0.3 is 10.1 Å². The summed E-state index contributed by atoms with van der Waals surface area (Å²) in [6, 6.07) is 7.14. The summed E-state index contributed by atoms with van der Waals surface area (Å²) >= 11 is 3.57. The molecule has 1 saturated heterocycles. The van der Waals surface area contributed by atoms with Crippen LogP contribution < -0.4 is 5.32 Å². The van der Waals surface area contributed by atoms with Crippen molar-refractivity contribution in [1.82, 2.24) is 0 Å². The molecule has 2 aliphatic rings. The second-order valence-electron chi connectivity index (χ2n) is 6.58. The Morgan fingerprint density at radius 2 is 2.10 bits per heavy atom. The average Bonchev–Trinajstić information content (AvgIpc) is 2.50. The van der Waals surface area contributed by atoms with E-state index in [1.165, 1.54) is 54.2 Å². The summed E-state index contributed by atoms with van der Waals surface area (Å²) in [5, 5.41) is 3.80. The van der Waals surface area contributed by atoms with Gasteiger partial charge in [-0.3, -0.25) is 0 Å². The molecule has 1 aromatic carbocycles. The molecule has 2 nitrogen and oxygen atoms in total. The second kappa shape index (κ2) is 6.70. The van der Waals surface area contributed by atoms with Gasteiger partial charge in [-0.25, -0.2) is 0 Å². The molecule has 1 heterocycles. The molecule has 0 radical (unpaired) electrons. The van der Waals surface area contributed by atoms with Crippen molar-refractivity contribution in [2.24, 2.45) is 0 Å². The fourth-order valence-corrected chi connectivity index (χ4v) is 4.32. The topological polar surface area (TPSA) is 21.3 Å². The standard InChI is InChI=1S/C18H26BrNO/c1-2-14-12-15(19)6-7-17(14)20-16-8-11-21-18(13-16)9-4-3-5-10-18/h6-7,12,16,20H,2-5,8-11,13H2,1H3. The highest BCUT2D eigenvalue weighted by atomic mass is 79.9.